The first-order valence-corrected chi connectivity index (χ1v) is 8.63. The average molecular weight is 388 g/mol. The summed E-state index contributed by atoms with van der Waals surface area (Å²) in [6.45, 7) is 6.63. The first-order chi connectivity index (χ1) is 11.3. The van der Waals surface area contributed by atoms with E-state index >= 15 is 0 Å². The third kappa shape index (κ3) is 5.09. The topological polar surface area (TPSA) is 85.0 Å². The fourth-order valence-corrected chi connectivity index (χ4v) is 3.62. The normalized spacial score (nSPS) is 18.4. The Morgan fingerprint density at radius 2 is 2.20 bits per heavy atom. The first kappa shape index (κ1) is 21.2. The molecule has 1 atom stereocenters. The van der Waals surface area contributed by atoms with E-state index < -0.39 is 4.92 Å². The SMILES string of the molecule is COC(=O)[C@@H]1CSC(=Nc2ccc([N+](=O)[O-])cc2C)N1CC(C)C.Cl. The third-order valence-electron chi connectivity index (χ3n) is 3.63. The van der Waals surface area contributed by atoms with Crippen molar-refractivity contribution in [2.24, 2.45) is 10.9 Å². The molecule has 1 aromatic carbocycles. The maximum atomic E-state index is 12.0. The van der Waals surface area contributed by atoms with Gasteiger partial charge in [0.05, 0.1) is 17.7 Å². The second-order valence-electron chi connectivity index (χ2n) is 6.02. The Morgan fingerprint density at radius 1 is 1.52 bits per heavy atom. The van der Waals surface area contributed by atoms with Gasteiger partial charge in [-0.05, 0) is 24.5 Å². The van der Waals surface area contributed by atoms with Crippen LogP contribution in [-0.4, -0.2) is 46.4 Å². The van der Waals surface area contributed by atoms with Gasteiger partial charge in [0.15, 0.2) is 5.17 Å². The van der Waals surface area contributed by atoms with E-state index in [1.165, 1.54) is 31.0 Å². The van der Waals surface area contributed by atoms with E-state index in [4.69, 9.17) is 4.74 Å². The Balaban J connectivity index is 0.00000312. The maximum Gasteiger partial charge on any atom is 0.329 e. The quantitative estimate of drug-likeness (QED) is 0.436. The number of thioether (sulfide) groups is 1. The van der Waals surface area contributed by atoms with Gasteiger partial charge in [0.2, 0.25) is 0 Å². The van der Waals surface area contributed by atoms with Gasteiger partial charge in [0.1, 0.15) is 6.04 Å². The molecule has 25 heavy (non-hydrogen) atoms. The predicted octanol–water partition coefficient (Wildman–Crippen LogP) is 3.56. The van der Waals surface area contributed by atoms with Crippen LogP contribution in [0.15, 0.2) is 23.2 Å². The van der Waals surface area contributed by atoms with E-state index in [0.29, 0.717) is 23.9 Å². The number of benzene rings is 1. The molecule has 138 valence electrons. The fourth-order valence-electron chi connectivity index (χ4n) is 2.47. The molecule has 0 aromatic heterocycles. The molecule has 0 N–H and O–H groups in total. The van der Waals surface area contributed by atoms with Crippen molar-refractivity contribution in [3.63, 3.8) is 0 Å². The number of rotatable bonds is 5. The number of carbonyl (C=O) groups excluding carboxylic acids is 1. The van der Waals surface area contributed by atoms with Crippen molar-refractivity contribution in [2.75, 3.05) is 19.4 Å². The highest BCUT2D eigenvalue weighted by atomic mass is 35.5. The molecule has 1 aliphatic rings. The zero-order valence-electron chi connectivity index (χ0n) is 14.6. The van der Waals surface area contributed by atoms with E-state index in [9.17, 15) is 14.9 Å². The summed E-state index contributed by atoms with van der Waals surface area (Å²) < 4.78 is 4.89. The van der Waals surface area contributed by atoms with Crippen molar-refractivity contribution in [3.8, 4) is 0 Å². The molecule has 0 saturated carbocycles. The van der Waals surface area contributed by atoms with Crippen LogP contribution in [0, 0.1) is 23.0 Å². The summed E-state index contributed by atoms with van der Waals surface area (Å²) in [6.07, 6.45) is 0. The van der Waals surface area contributed by atoms with Crippen molar-refractivity contribution in [1.29, 1.82) is 0 Å². The minimum atomic E-state index is -0.424. The van der Waals surface area contributed by atoms with Gasteiger partial charge in [-0.3, -0.25) is 10.1 Å². The molecule has 0 aliphatic carbocycles. The Bertz CT molecular complexity index is 681. The van der Waals surface area contributed by atoms with Crippen LogP contribution in [0.4, 0.5) is 11.4 Å². The number of aliphatic imine (C=N–C) groups is 1. The van der Waals surface area contributed by atoms with Crippen LogP contribution in [-0.2, 0) is 9.53 Å². The summed E-state index contributed by atoms with van der Waals surface area (Å²) in [4.78, 5) is 29.0. The highest BCUT2D eigenvalue weighted by Gasteiger charge is 2.36. The zero-order valence-corrected chi connectivity index (χ0v) is 16.2. The average Bonchev–Trinajstić information content (AvgIpc) is 2.90. The molecular weight excluding hydrogens is 366 g/mol. The van der Waals surface area contributed by atoms with E-state index in [0.717, 1.165) is 10.7 Å². The van der Waals surface area contributed by atoms with E-state index in [-0.39, 0.29) is 30.1 Å². The van der Waals surface area contributed by atoms with Crippen molar-refractivity contribution in [2.45, 2.75) is 26.8 Å². The Labute approximate surface area is 157 Å². The molecule has 9 heteroatoms. The summed E-state index contributed by atoms with van der Waals surface area (Å²) in [6, 6.07) is 4.24. The number of carbonyl (C=O) groups is 1. The number of hydrogen-bond donors (Lipinski definition) is 0. The molecule has 0 radical (unpaired) electrons. The number of methoxy groups -OCH3 is 1. The van der Waals surface area contributed by atoms with Gasteiger partial charge in [-0.1, -0.05) is 25.6 Å². The molecule has 0 bridgehead atoms. The molecule has 1 aromatic rings. The van der Waals surface area contributed by atoms with Gasteiger partial charge in [-0.25, -0.2) is 9.79 Å². The fraction of sp³-hybridized carbons (Fsp3) is 0.500. The number of amidine groups is 1. The number of non-ortho nitro benzene ring substituents is 1. The minimum absolute atomic E-state index is 0. The molecule has 1 heterocycles. The second-order valence-corrected chi connectivity index (χ2v) is 7.01. The lowest BCUT2D eigenvalue weighted by atomic mass is 10.2. The van der Waals surface area contributed by atoms with Gasteiger partial charge in [0.25, 0.3) is 5.69 Å². The Kier molecular flexibility index (Phi) is 7.69. The number of nitro benzene ring substituents is 1. The van der Waals surface area contributed by atoms with Gasteiger partial charge in [-0.15, -0.1) is 12.4 Å². The Hall–Kier alpha value is -1.80. The van der Waals surface area contributed by atoms with E-state index in [1.807, 2.05) is 4.90 Å². The smallest absolute Gasteiger partial charge is 0.329 e. The lowest BCUT2D eigenvalue weighted by Crippen LogP contribution is -2.42. The van der Waals surface area contributed by atoms with E-state index in [2.05, 4.69) is 18.8 Å². The molecule has 0 spiro atoms. The van der Waals surface area contributed by atoms with Crippen molar-refractivity contribution >= 4 is 46.7 Å². The molecule has 1 aliphatic heterocycles. The van der Waals surface area contributed by atoms with Gasteiger partial charge < -0.3 is 9.64 Å². The lowest BCUT2D eigenvalue weighted by Gasteiger charge is -2.25. The van der Waals surface area contributed by atoms with Crippen molar-refractivity contribution < 1.29 is 14.5 Å². The summed E-state index contributed by atoms with van der Waals surface area (Å²) in [5.41, 5.74) is 1.44. The van der Waals surface area contributed by atoms with Gasteiger partial charge in [0, 0.05) is 24.4 Å². The van der Waals surface area contributed by atoms with Crippen LogP contribution in [0.25, 0.3) is 0 Å². The first-order valence-electron chi connectivity index (χ1n) is 7.64. The molecular formula is C16H22ClN3O4S. The van der Waals surface area contributed by atoms with E-state index in [1.54, 1.807) is 13.0 Å². The maximum absolute atomic E-state index is 12.0. The van der Waals surface area contributed by atoms with Crippen LogP contribution in [0.2, 0.25) is 0 Å². The highest BCUT2D eigenvalue weighted by molar-refractivity contribution is 8.14. The number of hydrogen-bond acceptors (Lipinski definition) is 6. The largest absolute Gasteiger partial charge is 0.467 e. The molecule has 0 amide bonds. The summed E-state index contributed by atoms with van der Waals surface area (Å²) >= 11 is 1.50. The number of ether oxygens (including phenoxy) is 1. The monoisotopic (exact) mass is 387 g/mol. The van der Waals surface area contributed by atoms with Crippen LogP contribution in [0.1, 0.15) is 19.4 Å². The highest BCUT2D eigenvalue weighted by Crippen LogP contribution is 2.31. The second kappa shape index (κ2) is 9.05. The lowest BCUT2D eigenvalue weighted by molar-refractivity contribution is -0.384. The third-order valence-corrected chi connectivity index (χ3v) is 4.70. The van der Waals surface area contributed by atoms with Gasteiger partial charge in [-0.2, -0.15) is 0 Å². The van der Waals surface area contributed by atoms with Crippen LogP contribution < -0.4 is 0 Å². The van der Waals surface area contributed by atoms with Crippen LogP contribution >= 0.6 is 24.2 Å². The number of aryl methyl sites for hydroxylation is 1. The predicted molar refractivity (Wildman–Crippen MR) is 102 cm³/mol. The summed E-state index contributed by atoms with van der Waals surface area (Å²) in [7, 11) is 1.39. The van der Waals surface area contributed by atoms with Crippen molar-refractivity contribution in [3.05, 3.63) is 33.9 Å². The summed E-state index contributed by atoms with van der Waals surface area (Å²) in [5, 5.41) is 11.6. The number of halogens is 1. The molecule has 7 nitrogen and oxygen atoms in total. The number of esters is 1. The van der Waals surface area contributed by atoms with Gasteiger partial charge >= 0.3 is 5.97 Å². The Morgan fingerprint density at radius 3 is 2.72 bits per heavy atom. The minimum Gasteiger partial charge on any atom is -0.467 e. The molecule has 1 fully saturated rings. The van der Waals surface area contributed by atoms with Crippen molar-refractivity contribution in [1.82, 2.24) is 4.90 Å². The zero-order chi connectivity index (χ0) is 17.9. The van der Waals surface area contributed by atoms with Crippen LogP contribution in [0.5, 0.6) is 0 Å². The van der Waals surface area contributed by atoms with Crippen LogP contribution in [0.3, 0.4) is 0 Å². The molecule has 1 saturated heterocycles. The molecule has 0 unspecified atom stereocenters. The molecule has 2 rings (SSSR count). The summed E-state index contributed by atoms with van der Waals surface area (Å²) in [5.74, 6) is 0.678. The standard InChI is InChI=1S/C16H21N3O4S.ClH/c1-10(2)8-18-14(15(20)23-4)9-24-16(18)17-13-6-5-12(19(21)22)7-11(13)3;/h5-7,10,14H,8-9H2,1-4H3;1H/t14-;/m0./s1. The number of nitrogens with zero attached hydrogens (tertiary/aromatic N) is 3. The number of nitro groups is 1.